The SMILES string of the molecule is CN(C)S(=O)(=O)c1ccc(-c2nnc(NC(=O)C3CCCN(S(=O)(=O)c4ccc(F)cc4)C3)o2)cc1. The van der Waals surface area contributed by atoms with Crippen molar-refractivity contribution >= 4 is 32.0 Å². The van der Waals surface area contributed by atoms with E-state index in [-0.39, 0.29) is 34.8 Å². The quantitative estimate of drug-likeness (QED) is 0.483. The van der Waals surface area contributed by atoms with E-state index in [0.29, 0.717) is 18.4 Å². The molecule has 4 rings (SSSR count). The summed E-state index contributed by atoms with van der Waals surface area (Å²) in [5.41, 5.74) is 0.454. The molecule has 1 unspecified atom stereocenters. The molecule has 1 aliphatic rings. The average Bonchev–Trinajstić information content (AvgIpc) is 3.33. The number of rotatable bonds is 7. The number of halogens is 1. The van der Waals surface area contributed by atoms with E-state index in [1.54, 1.807) is 0 Å². The first-order valence-electron chi connectivity index (χ1n) is 10.9. The van der Waals surface area contributed by atoms with E-state index in [2.05, 4.69) is 15.5 Å². The molecule has 1 fully saturated rings. The Hall–Kier alpha value is -3.20. The number of carbonyl (C=O) groups is 1. The van der Waals surface area contributed by atoms with Gasteiger partial charge in [-0.25, -0.2) is 25.5 Å². The number of hydrogen-bond acceptors (Lipinski definition) is 8. The molecule has 11 nitrogen and oxygen atoms in total. The van der Waals surface area contributed by atoms with Gasteiger partial charge < -0.3 is 4.42 Å². The maximum absolute atomic E-state index is 13.2. The minimum atomic E-state index is -3.88. The molecule has 2 heterocycles. The topological polar surface area (TPSA) is 143 Å². The van der Waals surface area contributed by atoms with Crippen molar-refractivity contribution in [1.82, 2.24) is 18.8 Å². The number of aromatic nitrogens is 2. The van der Waals surface area contributed by atoms with Gasteiger partial charge in [0.25, 0.3) is 0 Å². The number of carbonyl (C=O) groups excluding carboxylic acids is 1. The predicted molar refractivity (Wildman–Crippen MR) is 127 cm³/mol. The van der Waals surface area contributed by atoms with E-state index in [9.17, 15) is 26.0 Å². The van der Waals surface area contributed by atoms with Crippen LogP contribution in [0.15, 0.2) is 62.7 Å². The molecule has 1 N–H and O–H groups in total. The van der Waals surface area contributed by atoms with Crippen LogP contribution in [0.25, 0.3) is 11.5 Å². The van der Waals surface area contributed by atoms with Gasteiger partial charge in [-0.2, -0.15) is 4.31 Å². The molecule has 2 aromatic carbocycles. The van der Waals surface area contributed by atoms with Crippen molar-refractivity contribution in [1.29, 1.82) is 0 Å². The van der Waals surface area contributed by atoms with E-state index in [1.807, 2.05) is 0 Å². The molecule has 36 heavy (non-hydrogen) atoms. The Morgan fingerprint density at radius 3 is 2.31 bits per heavy atom. The highest BCUT2D eigenvalue weighted by Gasteiger charge is 2.34. The van der Waals surface area contributed by atoms with E-state index >= 15 is 0 Å². The Morgan fingerprint density at radius 1 is 1.03 bits per heavy atom. The summed E-state index contributed by atoms with van der Waals surface area (Å²) in [5.74, 6) is -1.60. The first kappa shape index (κ1) is 25.9. The normalized spacial score (nSPS) is 17.3. The number of sulfonamides is 2. The van der Waals surface area contributed by atoms with E-state index < -0.39 is 37.7 Å². The second kappa shape index (κ2) is 10.0. The van der Waals surface area contributed by atoms with Gasteiger partial charge in [0.15, 0.2) is 0 Å². The van der Waals surface area contributed by atoms with Crippen molar-refractivity contribution < 1.29 is 30.4 Å². The maximum Gasteiger partial charge on any atom is 0.322 e. The van der Waals surface area contributed by atoms with Gasteiger partial charge in [0.05, 0.1) is 15.7 Å². The van der Waals surface area contributed by atoms with E-state index in [1.165, 1.54) is 54.8 Å². The largest absolute Gasteiger partial charge is 0.403 e. The molecule has 0 bridgehead atoms. The summed E-state index contributed by atoms with van der Waals surface area (Å²) in [6.07, 6.45) is 0.930. The van der Waals surface area contributed by atoms with Crippen LogP contribution in [-0.2, 0) is 24.8 Å². The van der Waals surface area contributed by atoms with Gasteiger partial charge >= 0.3 is 6.01 Å². The van der Waals surface area contributed by atoms with Crippen LogP contribution in [0.3, 0.4) is 0 Å². The fourth-order valence-corrected chi connectivity index (χ4v) is 6.13. The predicted octanol–water partition coefficient (Wildman–Crippen LogP) is 2.17. The molecular weight excluding hydrogens is 513 g/mol. The van der Waals surface area contributed by atoms with Gasteiger partial charge in [0.2, 0.25) is 31.8 Å². The standard InChI is InChI=1S/C22H24FN5O6S2/c1-27(2)35(30,31)18-9-5-15(6-10-18)21-25-26-22(34-21)24-20(29)16-4-3-13-28(14-16)36(32,33)19-11-7-17(23)8-12-19/h5-12,16H,3-4,13-14H2,1-2H3,(H,24,26,29). The Kier molecular flexibility index (Phi) is 7.22. The number of anilines is 1. The first-order chi connectivity index (χ1) is 17.0. The second-order valence-corrected chi connectivity index (χ2v) is 12.5. The number of piperidine rings is 1. The molecule has 14 heteroatoms. The smallest absolute Gasteiger partial charge is 0.322 e. The van der Waals surface area contributed by atoms with Crippen LogP contribution >= 0.6 is 0 Å². The fourth-order valence-electron chi connectivity index (χ4n) is 3.71. The van der Waals surface area contributed by atoms with Crippen LogP contribution in [0.1, 0.15) is 12.8 Å². The van der Waals surface area contributed by atoms with Gasteiger partial charge in [-0.3, -0.25) is 10.1 Å². The molecule has 1 aromatic heterocycles. The zero-order chi connectivity index (χ0) is 26.1. The van der Waals surface area contributed by atoms with Crippen molar-refractivity contribution in [3.8, 4) is 11.5 Å². The Labute approximate surface area is 208 Å². The lowest BCUT2D eigenvalue weighted by Gasteiger charge is -2.30. The maximum atomic E-state index is 13.2. The lowest BCUT2D eigenvalue weighted by atomic mass is 9.99. The number of nitrogens with zero attached hydrogens (tertiary/aromatic N) is 4. The lowest BCUT2D eigenvalue weighted by Crippen LogP contribution is -2.43. The molecule has 1 saturated heterocycles. The van der Waals surface area contributed by atoms with Crippen LogP contribution in [0, 0.1) is 11.7 Å². The number of benzene rings is 2. The highest BCUT2D eigenvalue weighted by Crippen LogP contribution is 2.26. The molecule has 192 valence electrons. The zero-order valence-corrected chi connectivity index (χ0v) is 21.1. The third kappa shape index (κ3) is 5.31. The molecule has 3 aromatic rings. The van der Waals surface area contributed by atoms with Crippen molar-refractivity contribution in [3.63, 3.8) is 0 Å². The number of nitrogens with one attached hydrogen (secondary N) is 1. The van der Waals surface area contributed by atoms with Gasteiger partial charge in [0, 0.05) is 32.7 Å². The third-order valence-corrected chi connectivity index (χ3v) is 9.45. The zero-order valence-electron chi connectivity index (χ0n) is 19.5. The molecule has 0 saturated carbocycles. The van der Waals surface area contributed by atoms with Crippen LogP contribution in [-0.4, -0.2) is 68.7 Å². The molecular formula is C22H24FN5O6S2. The Balaban J connectivity index is 1.43. The van der Waals surface area contributed by atoms with Crippen molar-refractivity contribution in [2.45, 2.75) is 22.6 Å². The second-order valence-electron chi connectivity index (χ2n) is 8.37. The summed E-state index contributed by atoms with van der Waals surface area (Å²) in [6, 6.07) is 10.2. The molecule has 1 atom stereocenters. The summed E-state index contributed by atoms with van der Waals surface area (Å²) in [6.45, 7) is 0.197. The van der Waals surface area contributed by atoms with Gasteiger partial charge in [-0.05, 0) is 61.4 Å². The van der Waals surface area contributed by atoms with Crippen molar-refractivity contribution in [2.75, 3.05) is 32.5 Å². The minimum Gasteiger partial charge on any atom is -0.403 e. The highest BCUT2D eigenvalue weighted by molar-refractivity contribution is 7.89. The summed E-state index contributed by atoms with van der Waals surface area (Å²) in [5, 5.41) is 10.2. The van der Waals surface area contributed by atoms with Crippen LogP contribution in [0.2, 0.25) is 0 Å². The molecule has 0 radical (unpaired) electrons. The summed E-state index contributed by atoms with van der Waals surface area (Å²) >= 11 is 0. The van der Waals surface area contributed by atoms with E-state index in [0.717, 1.165) is 16.4 Å². The summed E-state index contributed by atoms with van der Waals surface area (Å²) in [4.78, 5) is 12.9. The Bertz CT molecular complexity index is 1460. The van der Waals surface area contributed by atoms with Crippen LogP contribution in [0.5, 0.6) is 0 Å². The third-order valence-electron chi connectivity index (χ3n) is 5.74. The van der Waals surface area contributed by atoms with Gasteiger partial charge in [0.1, 0.15) is 5.82 Å². The van der Waals surface area contributed by atoms with E-state index in [4.69, 9.17) is 4.42 Å². The lowest BCUT2D eigenvalue weighted by molar-refractivity contribution is -0.121. The summed E-state index contributed by atoms with van der Waals surface area (Å²) < 4.78 is 71.2. The molecule has 0 spiro atoms. The van der Waals surface area contributed by atoms with Crippen LogP contribution < -0.4 is 5.32 Å². The molecule has 1 aliphatic heterocycles. The Morgan fingerprint density at radius 2 is 1.67 bits per heavy atom. The minimum absolute atomic E-state index is 0.0455. The fraction of sp³-hybridized carbons (Fsp3) is 0.318. The van der Waals surface area contributed by atoms with Crippen molar-refractivity contribution in [3.05, 3.63) is 54.3 Å². The van der Waals surface area contributed by atoms with Gasteiger partial charge in [-0.1, -0.05) is 5.10 Å². The van der Waals surface area contributed by atoms with Crippen LogP contribution in [0.4, 0.5) is 10.4 Å². The summed E-state index contributed by atoms with van der Waals surface area (Å²) in [7, 11) is -4.61. The molecule has 1 amide bonds. The van der Waals surface area contributed by atoms with Gasteiger partial charge in [-0.15, -0.1) is 5.10 Å². The first-order valence-corrected chi connectivity index (χ1v) is 13.8. The monoisotopic (exact) mass is 537 g/mol. The van der Waals surface area contributed by atoms with Crippen molar-refractivity contribution in [2.24, 2.45) is 5.92 Å². The average molecular weight is 538 g/mol. The number of amides is 1. The highest BCUT2D eigenvalue weighted by atomic mass is 32.2. The molecule has 0 aliphatic carbocycles. The number of hydrogen-bond donors (Lipinski definition) is 1.